The van der Waals surface area contributed by atoms with Crippen LogP contribution in [-0.4, -0.2) is 76.8 Å². The Labute approximate surface area is 303 Å². The number of hydrogen-bond donors (Lipinski definition) is 2. The zero-order valence-electron chi connectivity index (χ0n) is 29.8. The number of methoxy groups -OCH3 is 1. The van der Waals surface area contributed by atoms with Gasteiger partial charge in [0.05, 0.1) is 30.1 Å². The smallest absolute Gasteiger partial charge is 0.274 e. The molecule has 272 valence electrons. The number of pyridine rings is 1. The number of piperazine rings is 1. The number of amides is 3. The fourth-order valence-corrected chi connectivity index (χ4v) is 8.26. The van der Waals surface area contributed by atoms with Gasteiger partial charge in [-0.3, -0.25) is 34.1 Å². The second-order valence-corrected chi connectivity index (χ2v) is 14.9. The number of fused-ring (bicyclic) bond motifs is 1. The molecule has 4 aromatic rings. The second kappa shape index (κ2) is 14.6. The first-order chi connectivity index (χ1) is 25.3. The molecule has 12 nitrogen and oxygen atoms in total. The molecule has 2 aliphatic carbocycles. The maximum atomic E-state index is 13.4. The maximum absolute atomic E-state index is 13.4. The van der Waals surface area contributed by atoms with Crippen LogP contribution in [0.5, 0.6) is 5.75 Å². The van der Waals surface area contributed by atoms with Crippen molar-refractivity contribution >= 4 is 40.0 Å². The molecular weight excluding hydrogens is 658 g/mol. The molecule has 4 heterocycles. The van der Waals surface area contributed by atoms with Gasteiger partial charge in [0, 0.05) is 68.2 Å². The van der Waals surface area contributed by atoms with Crippen molar-refractivity contribution in [3.05, 3.63) is 82.4 Å². The molecule has 12 heteroatoms. The minimum absolute atomic E-state index is 0.181. The Morgan fingerprint density at radius 3 is 2.38 bits per heavy atom. The van der Waals surface area contributed by atoms with Crippen molar-refractivity contribution in [2.24, 2.45) is 5.92 Å². The van der Waals surface area contributed by atoms with E-state index in [1.54, 1.807) is 30.0 Å². The lowest BCUT2D eigenvalue weighted by Gasteiger charge is -2.37. The van der Waals surface area contributed by atoms with E-state index in [4.69, 9.17) is 9.84 Å². The Balaban J connectivity index is 0.813. The number of rotatable bonds is 10. The summed E-state index contributed by atoms with van der Waals surface area (Å²) in [6.45, 7) is 5.16. The van der Waals surface area contributed by atoms with Gasteiger partial charge in [-0.1, -0.05) is 12.1 Å². The van der Waals surface area contributed by atoms with Crippen LogP contribution in [-0.2, 0) is 9.59 Å². The number of ether oxygens (including phenoxy) is 1. The van der Waals surface area contributed by atoms with E-state index in [-0.39, 0.29) is 40.9 Å². The van der Waals surface area contributed by atoms with Gasteiger partial charge >= 0.3 is 0 Å². The van der Waals surface area contributed by atoms with Crippen molar-refractivity contribution in [1.82, 2.24) is 24.6 Å². The van der Waals surface area contributed by atoms with Crippen LogP contribution in [0.25, 0.3) is 10.9 Å². The number of hydrogen-bond acceptors (Lipinski definition) is 8. The highest BCUT2D eigenvalue weighted by Gasteiger charge is 2.29. The molecule has 3 amide bonds. The molecule has 1 unspecified atom stereocenters. The summed E-state index contributed by atoms with van der Waals surface area (Å²) in [6, 6.07) is 15.9. The van der Waals surface area contributed by atoms with E-state index in [0.717, 1.165) is 74.9 Å². The van der Waals surface area contributed by atoms with Crippen molar-refractivity contribution in [2.45, 2.75) is 75.8 Å². The topological polar surface area (TPSA) is 131 Å². The molecule has 0 spiro atoms. The van der Waals surface area contributed by atoms with Crippen LogP contribution >= 0.6 is 0 Å². The number of carbonyl (C=O) groups excluding carboxylic acids is 3. The quantitative estimate of drug-likeness (QED) is 0.214. The predicted octanol–water partition coefficient (Wildman–Crippen LogP) is 5.26. The molecule has 2 aliphatic heterocycles. The van der Waals surface area contributed by atoms with Gasteiger partial charge in [-0.05, 0) is 99.7 Å². The number of imide groups is 1. The first-order valence-corrected chi connectivity index (χ1v) is 18.8. The number of aromatic nitrogens is 3. The summed E-state index contributed by atoms with van der Waals surface area (Å²) in [4.78, 5) is 55.1. The lowest BCUT2D eigenvalue weighted by Crippen LogP contribution is -2.47. The van der Waals surface area contributed by atoms with E-state index >= 15 is 0 Å². The van der Waals surface area contributed by atoms with Gasteiger partial charge < -0.3 is 19.5 Å². The summed E-state index contributed by atoms with van der Waals surface area (Å²) in [5.74, 6) is 0.147. The largest absolute Gasteiger partial charge is 0.496 e. The first-order valence-electron chi connectivity index (χ1n) is 18.8. The molecule has 52 heavy (non-hydrogen) atoms. The Morgan fingerprint density at radius 1 is 0.923 bits per heavy atom. The van der Waals surface area contributed by atoms with Gasteiger partial charge in [0.2, 0.25) is 11.8 Å². The molecule has 2 aromatic heterocycles. The highest BCUT2D eigenvalue weighted by molar-refractivity contribution is 6.08. The van der Waals surface area contributed by atoms with Crippen LogP contribution in [0.2, 0.25) is 0 Å². The zero-order chi connectivity index (χ0) is 35.8. The van der Waals surface area contributed by atoms with E-state index in [0.29, 0.717) is 36.1 Å². The predicted molar refractivity (Wildman–Crippen MR) is 199 cm³/mol. The van der Waals surface area contributed by atoms with Crippen molar-refractivity contribution in [2.75, 3.05) is 50.1 Å². The summed E-state index contributed by atoms with van der Waals surface area (Å²) in [6.07, 6.45) is 12.5. The summed E-state index contributed by atoms with van der Waals surface area (Å²) in [5.41, 5.74) is 3.41. The summed E-state index contributed by atoms with van der Waals surface area (Å²) >= 11 is 0. The first kappa shape index (κ1) is 34.1. The van der Waals surface area contributed by atoms with E-state index in [9.17, 15) is 19.2 Å². The van der Waals surface area contributed by atoms with E-state index in [1.807, 2.05) is 30.5 Å². The molecule has 2 saturated carbocycles. The van der Waals surface area contributed by atoms with E-state index in [2.05, 4.69) is 37.2 Å². The van der Waals surface area contributed by atoms with E-state index < -0.39 is 0 Å². The van der Waals surface area contributed by atoms with Crippen molar-refractivity contribution < 1.29 is 19.1 Å². The molecular formula is C40H47N7O5. The molecule has 2 saturated heterocycles. The SMILES string of the molecule is COc1cc2nn(C3CCC(CCN4CCN(c5ccc(C6CCC(=O)NC6=O)cc5)CC4)CC3)cc2cc1C(=O)Nc1cccn(C2CC2)c1=O. The lowest BCUT2D eigenvalue weighted by molar-refractivity contribution is -0.134. The van der Waals surface area contributed by atoms with Crippen molar-refractivity contribution in [3.8, 4) is 5.75 Å². The third-order valence-electron chi connectivity index (χ3n) is 11.6. The Kier molecular flexibility index (Phi) is 9.57. The van der Waals surface area contributed by atoms with Crippen molar-refractivity contribution in [1.29, 1.82) is 0 Å². The molecule has 0 bridgehead atoms. The second-order valence-electron chi connectivity index (χ2n) is 14.9. The third kappa shape index (κ3) is 7.21. The van der Waals surface area contributed by atoms with Gasteiger partial charge in [0.1, 0.15) is 11.4 Å². The van der Waals surface area contributed by atoms with Gasteiger partial charge in [0.25, 0.3) is 11.5 Å². The minimum atomic E-state index is -0.375. The van der Waals surface area contributed by atoms with Gasteiger partial charge in [0.15, 0.2) is 0 Å². The number of nitrogens with zero attached hydrogens (tertiary/aromatic N) is 5. The maximum Gasteiger partial charge on any atom is 0.274 e. The summed E-state index contributed by atoms with van der Waals surface area (Å²) < 4.78 is 9.37. The highest BCUT2D eigenvalue weighted by Crippen LogP contribution is 2.36. The normalized spacial score (nSPS) is 22.7. The number of nitrogens with one attached hydrogen (secondary N) is 2. The fraction of sp³-hybridized carbons (Fsp3) is 0.475. The summed E-state index contributed by atoms with van der Waals surface area (Å²) in [5, 5.41) is 11.1. The fourth-order valence-electron chi connectivity index (χ4n) is 8.26. The van der Waals surface area contributed by atoms with Gasteiger partial charge in [-0.25, -0.2) is 0 Å². The number of carbonyl (C=O) groups is 3. The van der Waals surface area contributed by atoms with Gasteiger partial charge in [-0.15, -0.1) is 0 Å². The zero-order valence-corrected chi connectivity index (χ0v) is 29.8. The number of anilines is 2. The minimum Gasteiger partial charge on any atom is -0.496 e. The van der Waals surface area contributed by atoms with Crippen molar-refractivity contribution in [3.63, 3.8) is 0 Å². The van der Waals surface area contributed by atoms with Crippen LogP contribution in [0.4, 0.5) is 11.4 Å². The highest BCUT2D eigenvalue weighted by atomic mass is 16.5. The average Bonchev–Trinajstić information content (AvgIpc) is 3.93. The monoisotopic (exact) mass is 705 g/mol. The Hall–Kier alpha value is -4.97. The van der Waals surface area contributed by atoms with Gasteiger partial charge in [-0.2, -0.15) is 5.10 Å². The summed E-state index contributed by atoms with van der Waals surface area (Å²) in [7, 11) is 1.55. The van der Waals surface area contributed by atoms with Crippen LogP contribution in [0.3, 0.4) is 0 Å². The molecule has 8 rings (SSSR count). The van der Waals surface area contributed by atoms with Crippen LogP contribution in [0, 0.1) is 5.92 Å². The van der Waals surface area contributed by atoms with Crippen LogP contribution < -0.4 is 25.8 Å². The number of piperidine rings is 1. The molecule has 4 aliphatic rings. The van der Waals surface area contributed by atoms with Crippen LogP contribution in [0.1, 0.15) is 91.7 Å². The Morgan fingerprint density at radius 2 is 1.67 bits per heavy atom. The molecule has 4 fully saturated rings. The molecule has 1 atom stereocenters. The average molecular weight is 706 g/mol. The third-order valence-corrected chi connectivity index (χ3v) is 11.6. The lowest BCUT2D eigenvalue weighted by atomic mass is 9.84. The Bertz CT molecular complexity index is 2020. The molecule has 2 N–H and O–H groups in total. The number of benzene rings is 2. The van der Waals surface area contributed by atoms with E-state index in [1.165, 1.54) is 24.9 Å². The molecule has 2 aromatic carbocycles. The van der Waals surface area contributed by atoms with Crippen LogP contribution in [0.15, 0.2) is 65.7 Å². The molecule has 0 radical (unpaired) electrons. The standard InChI is InChI=1S/C40H47N7O5/c1-52-36-24-35-28(23-33(36)39(50)41-34-3-2-17-46(40(34)51)30-12-13-30)25-47(43-35)31-8-4-26(5-9-31)16-18-44-19-21-45(22-20-44)29-10-6-27(7-11-29)32-14-15-37(48)42-38(32)49/h2-3,6-7,10-11,17,23-26,30-32H,4-5,8-9,12-16,18-22H2,1H3,(H,41,50)(H,42,48,49).